The Morgan fingerprint density at radius 1 is 1.35 bits per heavy atom. The van der Waals surface area contributed by atoms with Crippen molar-refractivity contribution in [2.75, 3.05) is 24.7 Å². The smallest absolute Gasteiger partial charge is 0.308 e. The number of fused-ring (bicyclic) bond motifs is 1. The highest BCUT2D eigenvalue weighted by Crippen LogP contribution is 2.35. The van der Waals surface area contributed by atoms with Gasteiger partial charge in [-0.2, -0.15) is 0 Å². The molecule has 0 aromatic heterocycles. The molecule has 1 heterocycles. The molecule has 0 unspecified atom stereocenters. The number of hydrogen-bond donors (Lipinski definition) is 0. The second kappa shape index (κ2) is 7.62. The molecule has 0 atom stereocenters. The van der Waals surface area contributed by atoms with Crippen LogP contribution in [0.4, 0.5) is 5.69 Å². The molecule has 1 amide bonds. The van der Waals surface area contributed by atoms with E-state index >= 15 is 0 Å². The highest BCUT2D eigenvalue weighted by Gasteiger charge is 2.26. The molecule has 1 aromatic carbocycles. The molecule has 0 N–H and O–H groups in total. The first kappa shape index (κ1) is 16.8. The molecule has 1 aliphatic heterocycles. The van der Waals surface area contributed by atoms with Crippen molar-refractivity contribution in [3.05, 3.63) is 18.2 Å². The van der Waals surface area contributed by atoms with Gasteiger partial charge in [0.05, 0.1) is 12.3 Å². The second-order valence-corrected chi connectivity index (χ2v) is 4.97. The molecule has 0 saturated heterocycles. The molecule has 0 fully saturated rings. The summed E-state index contributed by atoms with van der Waals surface area (Å²) in [4.78, 5) is 36.0. The van der Waals surface area contributed by atoms with Gasteiger partial charge in [0.25, 0.3) is 5.91 Å². The van der Waals surface area contributed by atoms with E-state index in [-0.39, 0.29) is 24.9 Å². The van der Waals surface area contributed by atoms with Crippen molar-refractivity contribution < 1.29 is 28.6 Å². The molecule has 1 aromatic rings. The lowest BCUT2D eigenvalue weighted by molar-refractivity contribution is -0.143. The minimum atomic E-state index is -0.443. The van der Waals surface area contributed by atoms with E-state index in [1.807, 2.05) is 0 Å². The first-order chi connectivity index (χ1) is 11.0. The largest absolute Gasteiger partial charge is 0.482 e. The van der Waals surface area contributed by atoms with E-state index in [4.69, 9.17) is 14.2 Å². The highest BCUT2D eigenvalue weighted by atomic mass is 16.5. The maximum atomic E-state index is 12.1. The summed E-state index contributed by atoms with van der Waals surface area (Å²) >= 11 is 0. The lowest BCUT2D eigenvalue weighted by Gasteiger charge is -2.29. The van der Waals surface area contributed by atoms with Gasteiger partial charge in [0, 0.05) is 26.0 Å². The number of amides is 1. The molecule has 0 saturated carbocycles. The summed E-state index contributed by atoms with van der Waals surface area (Å²) < 4.78 is 15.3. The molecule has 7 nitrogen and oxygen atoms in total. The fraction of sp³-hybridized carbons (Fsp3) is 0.438. The fourth-order valence-corrected chi connectivity index (χ4v) is 2.27. The van der Waals surface area contributed by atoms with E-state index in [2.05, 4.69) is 0 Å². The number of nitrogens with zero attached hydrogens (tertiary/aromatic N) is 1. The van der Waals surface area contributed by atoms with Crippen LogP contribution < -0.4 is 14.4 Å². The Morgan fingerprint density at radius 3 is 2.83 bits per heavy atom. The van der Waals surface area contributed by atoms with E-state index in [0.29, 0.717) is 36.8 Å². The Bertz CT molecular complexity index is 613. The summed E-state index contributed by atoms with van der Waals surface area (Å²) in [5.74, 6) is -0.0631. The van der Waals surface area contributed by atoms with Crippen LogP contribution in [-0.4, -0.2) is 37.6 Å². The topological polar surface area (TPSA) is 82.1 Å². The van der Waals surface area contributed by atoms with Gasteiger partial charge < -0.3 is 19.1 Å². The lowest BCUT2D eigenvalue weighted by atomic mass is 10.2. The standard InChI is InChI=1S/C16H19NO6/c1-3-21-16(20)5-4-8-17-13-9-12(23-11(2)18)6-7-14(13)22-10-15(17)19/h6-7,9H,3-5,8,10H2,1-2H3. The van der Waals surface area contributed by atoms with Gasteiger partial charge in [0.2, 0.25) is 0 Å². The van der Waals surface area contributed by atoms with Crippen LogP contribution in [-0.2, 0) is 19.1 Å². The van der Waals surface area contributed by atoms with Crippen LogP contribution in [0, 0.1) is 0 Å². The summed E-state index contributed by atoms with van der Waals surface area (Å²) in [5.41, 5.74) is 0.531. The van der Waals surface area contributed by atoms with Gasteiger partial charge in [-0.3, -0.25) is 14.4 Å². The van der Waals surface area contributed by atoms with Crippen molar-refractivity contribution in [3.63, 3.8) is 0 Å². The maximum Gasteiger partial charge on any atom is 0.308 e. The van der Waals surface area contributed by atoms with Crippen LogP contribution in [0.3, 0.4) is 0 Å². The zero-order chi connectivity index (χ0) is 16.8. The normalized spacial score (nSPS) is 13.1. The number of esters is 2. The van der Waals surface area contributed by atoms with Crippen molar-refractivity contribution in [1.29, 1.82) is 0 Å². The predicted octanol–water partition coefficient (Wildman–Crippen LogP) is 1.68. The molecule has 1 aliphatic rings. The van der Waals surface area contributed by atoms with Crippen LogP contribution in [0.25, 0.3) is 0 Å². The predicted molar refractivity (Wildman–Crippen MR) is 81.5 cm³/mol. The number of carbonyl (C=O) groups excluding carboxylic acids is 3. The molecule has 2 rings (SSSR count). The van der Waals surface area contributed by atoms with Crippen molar-refractivity contribution in [2.45, 2.75) is 26.7 Å². The Labute approximate surface area is 134 Å². The average molecular weight is 321 g/mol. The highest BCUT2D eigenvalue weighted by molar-refractivity contribution is 5.98. The molecule has 0 aliphatic carbocycles. The van der Waals surface area contributed by atoms with E-state index in [1.54, 1.807) is 25.1 Å². The van der Waals surface area contributed by atoms with Crippen LogP contribution in [0.2, 0.25) is 0 Å². The molecule has 0 bridgehead atoms. The Morgan fingerprint density at radius 2 is 2.13 bits per heavy atom. The number of hydrogen-bond acceptors (Lipinski definition) is 6. The minimum absolute atomic E-state index is 0.0562. The third kappa shape index (κ3) is 4.45. The third-order valence-electron chi connectivity index (χ3n) is 3.20. The van der Waals surface area contributed by atoms with Crippen molar-refractivity contribution in [3.8, 4) is 11.5 Å². The van der Waals surface area contributed by atoms with Gasteiger partial charge in [-0.25, -0.2) is 0 Å². The first-order valence-electron chi connectivity index (χ1n) is 7.42. The third-order valence-corrected chi connectivity index (χ3v) is 3.20. The van der Waals surface area contributed by atoms with Crippen molar-refractivity contribution >= 4 is 23.5 Å². The lowest BCUT2D eigenvalue weighted by Crippen LogP contribution is -2.39. The molecular formula is C16H19NO6. The van der Waals surface area contributed by atoms with Crippen LogP contribution in [0.5, 0.6) is 11.5 Å². The van der Waals surface area contributed by atoms with Crippen LogP contribution in [0.1, 0.15) is 26.7 Å². The summed E-state index contributed by atoms with van der Waals surface area (Å²) in [6.45, 7) is 3.69. The van der Waals surface area contributed by atoms with Gasteiger partial charge in [-0.05, 0) is 25.5 Å². The zero-order valence-electron chi connectivity index (χ0n) is 13.2. The molecule has 124 valence electrons. The minimum Gasteiger partial charge on any atom is -0.482 e. The average Bonchev–Trinajstić information content (AvgIpc) is 2.49. The molecule has 7 heteroatoms. The maximum absolute atomic E-state index is 12.1. The van der Waals surface area contributed by atoms with E-state index in [0.717, 1.165) is 0 Å². The SMILES string of the molecule is CCOC(=O)CCCN1C(=O)COc2ccc(OC(C)=O)cc21. The molecule has 0 radical (unpaired) electrons. The summed E-state index contributed by atoms with van der Waals surface area (Å²) in [6, 6.07) is 4.84. The molecular weight excluding hydrogens is 302 g/mol. The van der Waals surface area contributed by atoms with Gasteiger partial charge in [-0.15, -0.1) is 0 Å². The number of rotatable bonds is 6. The zero-order valence-corrected chi connectivity index (χ0v) is 13.2. The second-order valence-electron chi connectivity index (χ2n) is 4.97. The summed E-state index contributed by atoms with van der Waals surface area (Å²) in [7, 11) is 0. The van der Waals surface area contributed by atoms with E-state index in [9.17, 15) is 14.4 Å². The Kier molecular flexibility index (Phi) is 5.56. The molecule has 0 spiro atoms. The van der Waals surface area contributed by atoms with E-state index < -0.39 is 5.97 Å². The van der Waals surface area contributed by atoms with E-state index in [1.165, 1.54) is 11.8 Å². The van der Waals surface area contributed by atoms with Crippen molar-refractivity contribution in [2.24, 2.45) is 0 Å². The monoisotopic (exact) mass is 321 g/mol. The van der Waals surface area contributed by atoms with Crippen LogP contribution in [0.15, 0.2) is 18.2 Å². The summed E-state index contributed by atoms with van der Waals surface area (Å²) in [5, 5.41) is 0. The number of ether oxygens (including phenoxy) is 3. The number of carbonyl (C=O) groups is 3. The van der Waals surface area contributed by atoms with Crippen LogP contribution >= 0.6 is 0 Å². The van der Waals surface area contributed by atoms with Gasteiger partial charge in [0.1, 0.15) is 11.5 Å². The number of benzene rings is 1. The Hall–Kier alpha value is -2.57. The summed E-state index contributed by atoms with van der Waals surface area (Å²) in [6.07, 6.45) is 0.708. The van der Waals surface area contributed by atoms with Gasteiger partial charge in [-0.1, -0.05) is 0 Å². The van der Waals surface area contributed by atoms with Gasteiger partial charge >= 0.3 is 11.9 Å². The Balaban J connectivity index is 2.09. The van der Waals surface area contributed by atoms with Crippen molar-refractivity contribution in [1.82, 2.24) is 0 Å². The fourth-order valence-electron chi connectivity index (χ4n) is 2.27. The number of anilines is 1. The quantitative estimate of drug-likeness (QED) is 0.586. The first-order valence-corrected chi connectivity index (χ1v) is 7.42. The molecule has 23 heavy (non-hydrogen) atoms. The van der Waals surface area contributed by atoms with Gasteiger partial charge in [0.15, 0.2) is 6.61 Å².